The lowest BCUT2D eigenvalue weighted by molar-refractivity contribution is -0.387. The molecule has 0 aliphatic carbocycles. The molecule has 0 bridgehead atoms. The summed E-state index contributed by atoms with van der Waals surface area (Å²) >= 11 is 1.44. The van der Waals surface area contributed by atoms with E-state index in [2.05, 4.69) is 0 Å². The molecule has 0 saturated carbocycles. The highest BCUT2D eigenvalue weighted by Gasteiger charge is 2.25. The number of esters is 1. The van der Waals surface area contributed by atoms with Gasteiger partial charge in [0.1, 0.15) is 4.90 Å². The molecule has 0 N–H and O–H groups in total. The molecule has 1 aromatic carbocycles. The lowest BCUT2D eigenvalue weighted by Crippen LogP contribution is -2.15. The minimum atomic E-state index is -3.83. The Balaban J connectivity index is 2.20. The summed E-state index contributed by atoms with van der Waals surface area (Å²) in [5.41, 5.74) is -0.480. The van der Waals surface area contributed by atoms with Crippen LogP contribution in [0, 0.1) is 24.0 Å². The molecule has 1 aromatic heterocycles. The second kappa shape index (κ2) is 7.34. The van der Waals surface area contributed by atoms with E-state index in [1.165, 1.54) is 11.3 Å². The Morgan fingerprint density at radius 3 is 2.38 bits per heavy atom. The summed E-state index contributed by atoms with van der Waals surface area (Å²) in [6, 6.07) is 4.60. The van der Waals surface area contributed by atoms with Crippen LogP contribution >= 0.6 is 11.3 Å². The second-order valence-electron chi connectivity index (χ2n) is 5.54. The Morgan fingerprint density at radius 2 is 1.88 bits per heavy atom. The summed E-state index contributed by atoms with van der Waals surface area (Å²) in [5, 5.41) is 11.1. The summed E-state index contributed by atoms with van der Waals surface area (Å²) in [6.45, 7) is 3.11. The molecule has 10 heteroatoms. The number of aryl methyl sites for hydroxylation is 2. The van der Waals surface area contributed by atoms with Crippen molar-refractivity contribution in [2.24, 2.45) is 0 Å². The third kappa shape index (κ3) is 4.33. The Morgan fingerprint density at radius 1 is 1.23 bits per heavy atom. The summed E-state index contributed by atoms with van der Waals surface area (Å²) in [4.78, 5) is 35.6. The molecule has 26 heavy (non-hydrogen) atoms. The maximum atomic E-state index is 12.1. The maximum Gasteiger partial charge on any atom is 0.338 e. The van der Waals surface area contributed by atoms with Gasteiger partial charge in [0.25, 0.3) is 5.69 Å². The van der Waals surface area contributed by atoms with Crippen LogP contribution in [0.2, 0.25) is 0 Å². The molecule has 0 amide bonds. The van der Waals surface area contributed by atoms with Crippen molar-refractivity contribution < 1.29 is 27.7 Å². The van der Waals surface area contributed by atoms with Gasteiger partial charge in [0, 0.05) is 27.6 Å². The van der Waals surface area contributed by atoms with Crippen molar-refractivity contribution in [3.63, 3.8) is 0 Å². The normalized spacial score (nSPS) is 11.2. The van der Waals surface area contributed by atoms with Crippen LogP contribution in [-0.2, 0) is 14.6 Å². The Bertz CT molecular complexity index is 1010. The van der Waals surface area contributed by atoms with Gasteiger partial charge in [-0.15, -0.1) is 11.3 Å². The summed E-state index contributed by atoms with van der Waals surface area (Å²) in [5.74, 6) is -1.34. The Kier molecular flexibility index (Phi) is 5.57. The number of nitro groups is 1. The molecule has 0 unspecified atom stereocenters. The Hall–Kier alpha value is -2.59. The zero-order valence-electron chi connectivity index (χ0n) is 14.1. The molecule has 0 fully saturated rings. The molecule has 0 atom stereocenters. The van der Waals surface area contributed by atoms with Gasteiger partial charge in [-0.2, -0.15) is 0 Å². The highest BCUT2D eigenvalue weighted by atomic mass is 32.2. The van der Waals surface area contributed by atoms with Gasteiger partial charge in [-0.1, -0.05) is 0 Å². The first-order valence-corrected chi connectivity index (χ1v) is 9.97. The second-order valence-corrected chi connectivity index (χ2v) is 8.98. The third-order valence-corrected chi connectivity index (χ3v) is 5.58. The Labute approximate surface area is 153 Å². The van der Waals surface area contributed by atoms with E-state index in [0.29, 0.717) is 5.56 Å². The number of ketones is 1. The van der Waals surface area contributed by atoms with Crippen LogP contribution in [-0.4, -0.2) is 38.0 Å². The van der Waals surface area contributed by atoms with E-state index in [-0.39, 0.29) is 11.3 Å². The molecule has 0 spiro atoms. The van der Waals surface area contributed by atoms with E-state index in [4.69, 9.17) is 4.74 Å². The van der Waals surface area contributed by atoms with Crippen LogP contribution in [0.15, 0.2) is 29.2 Å². The number of benzene rings is 1. The fourth-order valence-electron chi connectivity index (χ4n) is 2.30. The summed E-state index contributed by atoms with van der Waals surface area (Å²) in [7, 11) is -3.83. The molecule has 0 aliphatic rings. The molecule has 1 heterocycles. The van der Waals surface area contributed by atoms with Crippen LogP contribution in [0.3, 0.4) is 0 Å². The average molecular weight is 397 g/mol. The first kappa shape index (κ1) is 19.7. The molecule has 8 nitrogen and oxygen atoms in total. The van der Waals surface area contributed by atoms with Crippen LogP contribution in [0.25, 0.3) is 0 Å². The number of nitrogens with zero attached hydrogens (tertiary/aromatic N) is 1. The first-order valence-electron chi connectivity index (χ1n) is 7.26. The van der Waals surface area contributed by atoms with Gasteiger partial charge < -0.3 is 4.74 Å². The topological polar surface area (TPSA) is 121 Å². The molecule has 0 radical (unpaired) electrons. The van der Waals surface area contributed by atoms with Crippen LogP contribution in [0.1, 0.15) is 30.5 Å². The molecular formula is C16H15NO7S2. The zero-order valence-corrected chi connectivity index (χ0v) is 15.8. The van der Waals surface area contributed by atoms with Gasteiger partial charge in [0.2, 0.25) is 5.78 Å². The average Bonchev–Trinajstić information content (AvgIpc) is 2.89. The van der Waals surface area contributed by atoms with E-state index in [1.807, 2.05) is 6.92 Å². The van der Waals surface area contributed by atoms with Crippen LogP contribution in [0.5, 0.6) is 0 Å². The number of thiophene rings is 1. The molecule has 2 aromatic rings. The number of hydrogen-bond donors (Lipinski definition) is 0. The SMILES string of the molecule is Cc1cc(C(=O)COC(=O)c2ccc(S(C)(=O)=O)c([N+](=O)[O-])c2)c(C)s1. The number of rotatable bonds is 6. The summed E-state index contributed by atoms with van der Waals surface area (Å²) < 4.78 is 28.1. The fourth-order valence-corrected chi connectivity index (χ4v) is 4.07. The molecule has 0 saturated heterocycles. The number of nitro benzene ring substituents is 1. The molecular weight excluding hydrogens is 382 g/mol. The number of sulfone groups is 1. The van der Waals surface area contributed by atoms with Crippen LogP contribution < -0.4 is 0 Å². The minimum Gasteiger partial charge on any atom is -0.454 e. The van der Waals surface area contributed by atoms with Gasteiger partial charge in [-0.25, -0.2) is 13.2 Å². The van der Waals surface area contributed by atoms with Crippen molar-refractivity contribution in [3.05, 3.63) is 55.3 Å². The largest absolute Gasteiger partial charge is 0.454 e. The number of Topliss-reactive ketones (excluding diaryl/α,β-unsaturated/α-hetero) is 1. The standard InChI is InChI=1S/C16H15NO7S2/c1-9-6-12(10(2)25-9)14(18)8-24-16(19)11-4-5-15(26(3,22)23)13(7-11)17(20)21/h4-7H,8H2,1-3H3. The predicted molar refractivity (Wildman–Crippen MR) is 94.6 cm³/mol. The minimum absolute atomic E-state index is 0.213. The third-order valence-electron chi connectivity index (χ3n) is 3.47. The lowest BCUT2D eigenvalue weighted by atomic mass is 10.1. The van der Waals surface area contributed by atoms with E-state index in [9.17, 15) is 28.1 Å². The van der Waals surface area contributed by atoms with Gasteiger partial charge >= 0.3 is 5.97 Å². The smallest absolute Gasteiger partial charge is 0.338 e. The van der Waals surface area contributed by atoms with Crippen molar-refractivity contribution in [2.45, 2.75) is 18.7 Å². The van der Waals surface area contributed by atoms with Gasteiger partial charge in [-0.05, 0) is 32.0 Å². The molecule has 2 rings (SSSR count). The monoisotopic (exact) mass is 397 g/mol. The van der Waals surface area contributed by atoms with Crippen molar-refractivity contribution in [2.75, 3.05) is 12.9 Å². The van der Waals surface area contributed by atoms with E-state index >= 15 is 0 Å². The number of carbonyl (C=O) groups is 2. The predicted octanol–water partition coefficient (Wildman–Crippen LogP) is 2.72. The quantitative estimate of drug-likeness (QED) is 0.318. The van der Waals surface area contributed by atoms with Gasteiger partial charge in [0.05, 0.1) is 10.5 Å². The van der Waals surface area contributed by atoms with E-state index < -0.39 is 37.9 Å². The van der Waals surface area contributed by atoms with E-state index in [1.54, 1.807) is 13.0 Å². The van der Waals surface area contributed by atoms with Crippen molar-refractivity contribution in [3.8, 4) is 0 Å². The highest BCUT2D eigenvalue weighted by Crippen LogP contribution is 2.25. The highest BCUT2D eigenvalue weighted by molar-refractivity contribution is 7.90. The maximum absolute atomic E-state index is 12.1. The van der Waals surface area contributed by atoms with Crippen LogP contribution in [0.4, 0.5) is 5.69 Å². The number of hydrogen-bond acceptors (Lipinski definition) is 8. The summed E-state index contributed by atoms with van der Waals surface area (Å²) in [6.07, 6.45) is 0.831. The zero-order chi connectivity index (χ0) is 19.6. The first-order chi connectivity index (χ1) is 12.0. The number of ether oxygens (including phenoxy) is 1. The van der Waals surface area contributed by atoms with Gasteiger partial charge in [-0.3, -0.25) is 14.9 Å². The molecule has 138 valence electrons. The van der Waals surface area contributed by atoms with E-state index in [0.717, 1.165) is 34.2 Å². The van der Waals surface area contributed by atoms with Crippen molar-refractivity contribution in [1.29, 1.82) is 0 Å². The van der Waals surface area contributed by atoms with Gasteiger partial charge in [0.15, 0.2) is 16.4 Å². The van der Waals surface area contributed by atoms with Crippen molar-refractivity contribution >= 4 is 38.6 Å². The van der Waals surface area contributed by atoms with Crippen molar-refractivity contribution in [1.82, 2.24) is 0 Å². The fraction of sp³-hybridized carbons (Fsp3) is 0.250. The lowest BCUT2D eigenvalue weighted by Gasteiger charge is -2.06. The number of carbonyl (C=O) groups excluding carboxylic acids is 2. The molecule has 0 aliphatic heterocycles.